The van der Waals surface area contributed by atoms with E-state index >= 15 is 0 Å². The molecular weight excluding hydrogens is 398 g/mol. The van der Waals surface area contributed by atoms with Crippen LogP contribution in [0.2, 0.25) is 0 Å². The number of hydrogen-bond acceptors (Lipinski definition) is 3. The van der Waals surface area contributed by atoms with Crippen LogP contribution in [0, 0.1) is 6.92 Å². The summed E-state index contributed by atoms with van der Waals surface area (Å²) in [5, 5.41) is 5.69. The smallest absolute Gasteiger partial charge is 0.279 e. The molecule has 6 nitrogen and oxygen atoms in total. The third kappa shape index (κ3) is 6.16. The largest absolute Gasteiger partial charge is 0.497 e. The summed E-state index contributed by atoms with van der Waals surface area (Å²) < 4.78 is 6.05. The molecule has 7 heteroatoms. The van der Waals surface area contributed by atoms with Gasteiger partial charge in [0.15, 0.2) is 13.1 Å². The molecule has 0 spiro atoms. The van der Waals surface area contributed by atoms with Crippen molar-refractivity contribution in [2.75, 3.05) is 37.9 Å². The maximum atomic E-state index is 12.2. The van der Waals surface area contributed by atoms with E-state index in [9.17, 15) is 9.59 Å². The standard InChI is InChI=1S/C19H22BrN3O3/c1-13-10-14(20)4-9-17(13)22-19(25)12-23(2)11-18(24)21-15-5-7-16(26-3)8-6-15/h4-10H,11-12H2,1-3H3,(H,21,24)(H,22,25)/p+1. The molecule has 0 radical (unpaired) electrons. The second kappa shape index (κ2) is 9.35. The van der Waals surface area contributed by atoms with Crippen molar-refractivity contribution < 1.29 is 19.2 Å². The van der Waals surface area contributed by atoms with Gasteiger partial charge in [-0.3, -0.25) is 9.59 Å². The molecule has 0 bridgehead atoms. The molecule has 1 atom stereocenters. The molecule has 0 aromatic heterocycles. The van der Waals surface area contributed by atoms with Gasteiger partial charge in [-0.1, -0.05) is 15.9 Å². The van der Waals surface area contributed by atoms with Crippen LogP contribution in [0.5, 0.6) is 5.75 Å². The van der Waals surface area contributed by atoms with E-state index in [-0.39, 0.29) is 24.9 Å². The molecular formula is C19H23BrN3O3+. The number of likely N-dealkylation sites (N-methyl/N-ethyl adjacent to an activating group) is 1. The molecule has 26 heavy (non-hydrogen) atoms. The summed E-state index contributed by atoms with van der Waals surface area (Å²) in [6.45, 7) is 2.32. The van der Waals surface area contributed by atoms with E-state index < -0.39 is 0 Å². The number of aryl methyl sites for hydroxylation is 1. The Bertz CT molecular complexity index is 778. The van der Waals surface area contributed by atoms with Gasteiger partial charge in [0.2, 0.25) is 0 Å². The zero-order valence-corrected chi connectivity index (χ0v) is 16.6. The van der Waals surface area contributed by atoms with E-state index in [1.807, 2.05) is 32.2 Å². The van der Waals surface area contributed by atoms with Crippen molar-refractivity contribution in [2.45, 2.75) is 6.92 Å². The highest BCUT2D eigenvalue weighted by atomic mass is 79.9. The number of hydrogen-bond donors (Lipinski definition) is 3. The van der Waals surface area contributed by atoms with Crippen molar-refractivity contribution in [2.24, 2.45) is 0 Å². The first-order valence-electron chi connectivity index (χ1n) is 8.18. The molecule has 2 rings (SSSR count). The minimum absolute atomic E-state index is 0.134. The number of anilines is 2. The van der Waals surface area contributed by atoms with Gasteiger partial charge < -0.3 is 20.3 Å². The lowest BCUT2D eigenvalue weighted by atomic mass is 10.2. The summed E-state index contributed by atoms with van der Waals surface area (Å²) in [5.41, 5.74) is 2.44. The number of ether oxygens (including phenoxy) is 1. The van der Waals surface area contributed by atoms with Crippen LogP contribution >= 0.6 is 15.9 Å². The van der Waals surface area contributed by atoms with Crippen molar-refractivity contribution in [1.82, 2.24) is 0 Å². The number of rotatable bonds is 7. The lowest BCUT2D eigenvalue weighted by Gasteiger charge is -2.14. The number of methoxy groups -OCH3 is 1. The maximum Gasteiger partial charge on any atom is 0.279 e. The Hall–Kier alpha value is -2.38. The topological polar surface area (TPSA) is 71.9 Å². The molecule has 0 aliphatic carbocycles. The second-order valence-electron chi connectivity index (χ2n) is 6.09. The summed E-state index contributed by atoms with van der Waals surface area (Å²) >= 11 is 3.40. The Labute approximate surface area is 161 Å². The van der Waals surface area contributed by atoms with Crippen LogP contribution in [0.4, 0.5) is 11.4 Å². The zero-order valence-electron chi connectivity index (χ0n) is 15.1. The van der Waals surface area contributed by atoms with E-state index in [4.69, 9.17) is 4.74 Å². The van der Waals surface area contributed by atoms with Crippen molar-refractivity contribution in [1.29, 1.82) is 0 Å². The van der Waals surface area contributed by atoms with Gasteiger partial charge in [-0.05, 0) is 55.0 Å². The molecule has 138 valence electrons. The number of benzene rings is 2. The molecule has 0 saturated heterocycles. The summed E-state index contributed by atoms with van der Waals surface area (Å²) in [7, 11) is 3.40. The van der Waals surface area contributed by atoms with Gasteiger partial charge in [-0.2, -0.15) is 0 Å². The van der Waals surface area contributed by atoms with Crippen LogP contribution in [0.15, 0.2) is 46.9 Å². The third-order valence-corrected chi connectivity index (χ3v) is 4.25. The van der Waals surface area contributed by atoms with Gasteiger partial charge in [0.1, 0.15) is 5.75 Å². The van der Waals surface area contributed by atoms with E-state index in [1.54, 1.807) is 31.4 Å². The molecule has 0 fully saturated rings. The molecule has 0 aliphatic heterocycles. The van der Waals surface area contributed by atoms with Crippen molar-refractivity contribution in [3.8, 4) is 5.75 Å². The fraction of sp³-hybridized carbons (Fsp3) is 0.263. The van der Waals surface area contributed by atoms with Crippen LogP contribution in [-0.4, -0.2) is 39.1 Å². The number of nitrogens with one attached hydrogen (secondary N) is 3. The van der Waals surface area contributed by atoms with E-state index in [0.717, 1.165) is 26.4 Å². The first kappa shape index (κ1) is 19.9. The first-order valence-corrected chi connectivity index (χ1v) is 8.98. The molecule has 2 aromatic rings. The highest BCUT2D eigenvalue weighted by Crippen LogP contribution is 2.19. The predicted molar refractivity (Wildman–Crippen MR) is 106 cm³/mol. The van der Waals surface area contributed by atoms with E-state index in [1.165, 1.54) is 0 Å². The van der Waals surface area contributed by atoms with Gasteiger partial charge in [0.25, 0.3) is 11.8 Å². The Morgan fingerprint density at radius 2 is 1.65 bits per heavy atom. The summed E-state index contributed by atoms with van der Waals surface area (Å²) in [5.74, 6) is 0.441. The minimum Gasteiger partial charge on any atom is -0.497 e. The van der Waals surface area contributed by atoms with Gasteiger partial charge in [0, 0.05) is 15.8 Å². The lowest BCUT2D eigenvalue weighted by molar-refractivity contribution is -0.862. The summed E-state index contributed by atoms with van der Waals surface area (Å²) in [6.07, 6.45) is 0. The fourth-order valence-electron chi connectivity index (χ4n) is 2.45. The molecule has 2 amide bonds. The highest BCUT2D eigenvalue weighted by molar-refractivity contribution is 9.10. The Balaban J connectivity index is 1.81. The second-order valence-corrected chi connectivity index (χ2v) is 7.01. The Kier molecular flexibility index (Phi) is 7.17. The molecule has 2 aromatic carbocycles. The summed E-state index contributed by atoms with van der Waals surface area (Å²) in [6, 6.07) is 12.8. The Morgan fingerprint density at radius 3 is 2.23 bits per heavy atom. The average molecular weight is 421 g/mol. The van der Waals surface area contributed by atoms with Crippen LogP contribution in [-0.2, 0) is 9.59 Å². The SMILES string of the molecule is COc1ccc(NC(=O)C[NH+](C)CC(=O)Nc2ccc(Br)cc2C)cc1. The average Bonchev–Trinajstić information content (AvgIpc) is 2.57. The van der Waals surface area contributed by atoms with Crippen molar-refractivity contribution in [3.05, 3.63) is 52.5 Å². The molecule has 0 saturated carbocycles. The first-order chi connectivity index (χ1) is 12.4. The number of carbonyl (C=O) groups is 2. The third-order valence-electron chi connectivity index (χ3n) is 3.76. The van der Waals surface area contributed by atoms with Gasteiger partial charge in [-0.25, -0.2) is 0 Å². The van der Waals surface area contributed by atoms with Crippen molar-refractivity contribution >= 4 is 39.1 Å². The lowest BCUT2D eigenvalue weighted by Crippen LogP contribution is -3.11. The van der Waals surface area contributed by atoms with Gasteiger partial charge in [-0.15, -0.1) is 0 Å². The quantitative estimate of drug-likeness (QED) is 0.639. The van der Waals surface area contributed by atoms with Crippen LogP contribution in [0.3, 0.4) is 0 Å². The van der Waals surface area contributed by atoms with Crippen LogP contribution in [0.1, 0.15) is 5.56 Å². The summed E-state index contributed by atoms with van der Waals surface area (Å²) in [4.78, 5) is 25.1. The minimum atomic E-state index is -0.153. The number of carbonyl (C=O) groups excluding carboxylic acids is 2. The van der Waals surface area contributed by atoms with Gasteiger partial charge in [0.05, 0.1) is 14.2 Å². The van der Waals surface area contributed by atoms with Crippen LogP contribution in [0.25, 0.3) is 0 Å². The van der Waals surface area contributed by atoms with E-state index in [0.29, 0.717) is 5.69 Å². The zero-order chi connectivity index (χ0) is 19.1. The number of amides is 2. The normalized spacial score (nSPS) is 11.5. The predicted octanol–water partition coefficient (Wildman–Crippen LogP) is 1.86. The molecule has 1 unspecified atom stereocenters. The molecule has 0 aliphatic rings. The van der Waals surface area contributed by atoms with Gasteiger partial charge >= 0.3 is 0 Å². The fourth-order valence-corrected chi connectivity index (χ4v) is 2.93. The molecule has 0 heterocycles. The number of halogens is 1. The monoisotopic (exact) mass is 420 g/mol. The maximum absolute atomic E-state index is 12.2. The van der Waals surface area contributed by atoms with E-state index in [2.05, 4.69) is 26.6 Å². The highest BCUT2D eigenvalue weighted by Gasteiger charge is 2.15. The molecule has 3 N–H and O–H groups in total. The van der Waals surface area contributed by atoms with Crippen molar-refractivity contribution in [3.63, 3.8) is 0 Å². The van der Waals surface area contributed by atoms with Crippen LogP contribution < -0.4 is 20.3 Å². The Morgan fingerprint density at radius 1 is 1.04 bits per heavy atom. The number of quaternary nitrogens is 1.